The summed E-state index contributed by atoms with van der Waals surface area (Å²) in [5, 5.41) is 3.11. The number of nitrogens with one attached hydrogen (secondary N) is 2. The van der Waals surface area contributed by atoms with Crippen LogP contribution < -0.4 is 14.8 Å². The van der Waals surface area contributed by atoms with Crippen LogP contribution >= 0.6 is 11.6 Å². The van der Waals surface area contributed by atoms with Gasteiger partial charge in [0.2, 0.25) is 0 Å². The first-order valence-corrected chi connectivity index (χ1v) is 11.0. The summed E-state index contributed by atoms with van der Waals surface area (Å²) in [4.78, 5) is 12.2. The number of amides is 1. The molecule has 0 spiro atoms. The van der Waals surface area contributed by atoms with Crippen LogP contribution in [0.3, 0.4) is 0 Å². The molecule has 0 aliphatic carbocycles. The van der Waals surface area contributed by atoms with E-state index in [0.29, 0.717) is 22.1 Å². The van der Waals surface area contributed by atoms with Crippen LogP contribution in [-0.4, -0.2) is 20.9 Å². The fourth-order valence-electron chi connectivity index (χ4n) is 2.69. The predicted octanol–water partition coefficient (Wildman–Crippen LogP) is 4.78. The first-order valence-electron chi connectivity index (χ1n) is 9.11. The van der Waals surface area contributed by atoms with Gasteiger partial charge in [-0.25, -0.2) is 8.42 Å². The molecule has 156 valence electrons. The highest BCUT2D eigenvalue weighted by molar-refractivity contribution is 7.92. The van der Waals surface area contributed by atoms with Crippen LogP contribution in [0.5, 0.6) is 5.75 Å². The number of carbonyl (C=O) groups excluding carboxylic acids is 1. The molecule has 3 rings (SSSR count). The van der Waals surface area contributed by atoms with E-state index in [4.69, 9.17) is 16.3 Å². The smallest absolute Gasteiger partial charge is 0.262 e. The van der Waals surface area contributed by atoms with Gasteiger partial charge in [0, 0.05) is 10.7 Å². The zero-order valence-corrected chi connectivity index (χ0v) is 18.0. The van der Waals surface area contributed by atoms with Gasteiger partial charge in [0.05, 0.1) is 10.6 Å². The highest BCUT2D eigenvalue weighted by Gasteiger charge is 2.15. The first-order chi connectivity index (χ1) is 14.2. The molecular weight excluding hydrogens is 424 g/mol. The molecule has 8 heteroatoms. The molecule has 3 aromatic rings. The molecular formula is C22H21ClN2O4S. The van der Waals surface area contributed by atoms with Crippen molar-refractivity contribution in [1.29, 1.82) is 0 Å². The monoisotopic (exact) mass is 444 g/mol. The van der Waals surface area contributed by atoms with Crippen molar-refractivity contribution in [1.82, 2.24) is 0 Å². The van der Waals surface area contributed by atoms with Crippen LogP contribution in [0.25, 0.3) is 0 Å². The second kappa shape index (κ2) is 9.19. The van der Waals surface area contributed by atoms with E-state index in [1.165, 1.54) is 30.3 Å². The fourth-order valence-corrected chi connectivity index (χ4v) is 3.93. The maximum absolute atomic E-state index is 12.5. The Bertz CT molecular complexity index is 1160. The molecule has 0 aromatic heterocycles. The lowest BCUT2D eigenvalue weighted by Gasteiger charge is -2.11. The van der Waals surface area contributed by atoms with Gasteiger partial charge in [-0.2, -0.15) is 0 Å². The zero-order valence-electron chi connectivity index (χ0n) is 16.5. The van der Waals surface area contributed by atoms with E-state index in [2.05, 4.69) is 10.0 Å². The van der Waals surface area contributed by atoms with Crippen molar-refractivity contribution in [3.63, 3.8) is 0 Å². The molecule has 0 aliphatic rings. The predicted molar refractivity (Wildman–Crippen MR) is 119 cm³/mol. The van der Waals surface area contributed by atoms with E-state index >= 15 is 0 Å². The van der Waals surface area contributed by atoms with Gasteiger partial charge in [0.1, 0.15) is 5.75 Å². The molecule has 0 atom stereocenters. The van der Waals surface area contributed by atoms with E-state index < -0.39 is 10.0 Å². The number of sulfonamides is 1. The maximum Gasteiger partial charge on any atom is 0.262 e. The van der Waals surface area contributed by atoms with Crippen molar-refractivity contribution in [2.24, 2.45) is 0 Å². The Morgan fingerprint density at radius 2 is 1.70 bits per heavy atom. The van der Waals surface area contributed by atoms with Crippen LogP contribution in [0.4, 0.5) is 11.4 Å². The summed E-state index contributed by atoms with van der Waals surface area (Å²) in [6.07, 6.45) is 0. The van der Waals surface area contributed by atoms with Crippen LogP contribution in [0.15, 0.2) is 71.6 Å². The lowest BCUT2D eigenvalue weighted by Crippen LogP contribution is -2.20. The molecule has 0 saturated carbocycles. The molecule has 0 saturated heterocycles. The number of hydrogen-bond donors (Lipinski definition) is 2. The second-order valence-electron chi connectivity index (χ2n) is 6.75. The molecule has 0 fully saturated rings. The van der Waals surface area contributed by atoms with Crippen molar-refractivity contribution in [3.8, 4) is 5.75 Å². The van der Waals surface area contributed by atoms with E-state index in [1.807, 2.05) is 32.0 Å². The molecule has 30 heavy (non-hydrogen) atoms. The summed E-state index contributed by atoms with van der Waals surface area (Å²) in [6, 6.07) is 18.1. The normalized spacial score (nSPS) is 11.0. The van der Waals surface area contributed by atoms with Gasteiger partial charge >= 0.3 is 0 Å². The van der Waals surface area contributed by atoms with E-state index in [9.17, 15) is 13.2 Å². The highest BCUT2D eigenvalue weighted by atomic mass is 35.5. The van der Waals surface area contributed by atoms with Crippen LogP contribution in [0.2, 0.25) is 5.02 Å². The third-order valence-corrected chi connectivity index (χ3v) is 5.86. The van der Waals surface area contributed by atoms with Gasteiger partial charge in [-0.15, -0.1) is 0 Å². The average molecular weight is 445 g/mol. The van der Waals surface area contributed by atoms with Gasteiger partial charge < -0.3 is 10.1 Å². The Kier molecular flexibility index (Phi) is 6.64. The average Bonchev–Trinajstić information content (AvgIpc) is 2.69. The van der Waals surface area contributed by atoms with Crippen molar-refractivity contribution in [3.05, 3.63) is 82.9 Å². The Hall–Kier alpha value is -3.03. The zero-order chi connectivity index (χ0) is 21.7. The molecule has 0 bridgehead atoms. The maximum atomic E-state index is 12.5. The lowest BCUT2D eigenvalue weighted by molar-refractivity contribution is -0.118. The van der Waals surface area contributed by atoms with Gasteiger partial charge in [-0.05, 0) is 73.5 Å². The number of aryl methyl sites for hydroxylation is 2. The number of rotatable bonds is 7. The number of halogens is 1. The largest absolute Gasteiger partial charge is 0.483 e. The first kappa shape index (κ1) is 21.7. The summed E-state index contributed by atoms with van der Waals surface area (Å²) in [5.74, 6) is 0.308. The molecule has 2 N–H and O–H groups in total. The van der Waals surface area contributed by atoms with Gasteiger partial charge in [-0.1, -0.05) is 29.8 Å². The third-order valence-electron chi connectivity index (χ3n) is 4.23. The lowest BCUT2D eigenvalue weighted by atomic mass is 10.1. The van der Waals surface area contributed by atoms with Crippen molar-refractivity contribution in [2.75, 3.05) is 16.6 Å². The number of carbonyl (C=O) groups is 1. The quantitative estimate of drug-likeness (QED) is 0.549. The summed E-state index contributed by atoms with van der Waals surface area (Å²) in [6.45, 7) is 3.70. The summed E-state index contributed by atoms with van der Waals surface area (Å²) >= 11 is 5.88. The van der Waals surface area contributed by atoms with Gasteiger partial charge in [0.15, 0.2) is 6.61 Å². The van der Waals surface area contributed by atoms with Crippen molar-refractivity contribution >= 4 is 38.9 Å². The summed E-state index contributed by atoms with van der Waals surface area (Å²) in [7, 11) is -3.78. The molecule has 0 aliphatic heterocycles. The minimum atomic E-state index is -3.78. The summed E-state index contributed by atoms with van der Waals surface area (Å²) in [5.41, 5.74) is 2.81. The van der Waals surface area contributed by atoms with Crippen molar-refractivity contribution < 1.29 is 17.9 Å². The van der Waals surface area contributed by atoms with Crippen molar-refractivity contribution in [2.45, 2.75) is 18.7 Å². The Morgan fingerprint density at radius 3 is 2.40 bits per heavy atom. The molecule has 0 radical (unpaired) electrons. The number of benzene rings is 3. The standard InChI is InChI=1S/C22H21ClN2O4S/c1-15-6-7-16(2)21(12-15)29-14-22(26)24-18-8-10-20(11-9-18)30(27,28)25-19-5-3-4-17(23)13-19/h3-13,25H,14H2,1-2H3,(H,24,26). The Morgan fingerprint density at radius 1 is 0.967 bits per heavy atom. The molecule has 3 aromatic carbocycles. The van der Waals surface area contributed by atoms with Gasteiger partial charge in [0.25, 0.3) is 15.9 Å². The highest BCUT2D eigenvalue weighted by Crippen LogP contribution is 2.21. The summed E-state index contributed by atoms with van der Waals surface area (Å²) < 4.78 is 33.0. The van der Waals surface area contributed by atoms with E-state index in [0.717, 1.165) is 11.1 Å². The Balaban J connectivity index is 1.61. The second-order valence-corrected chi connectivity index (χ2v) is 8.86. The van der Waals surface area contributed by atoms with E-state index in [1.54, 1.807) is 18.2 Å². The number of ether oxygens (including phenoxy) is 1. The molecule has 1 amide bonds. The van der Waals surface area contributed by atoms with E-state index in [-0.39, 0.29) is 17.4 Å². The van der Waals surface area contributed by atoms with Crippen LogP contribution in [0.1, 0.15) is 11.1 Å². The van der Waals surface area contributed by atoms with Gasteiger partial charge in [-0.3, -0.25) is 9.52 Å². The minimum Gasteiger partial charge on any atom is -0.483 e. The number of hydrogen-bond acceptors (Lipinski definition) is 4. The fraction of sp³-hybridized carbons (Fsp3) is 0.136. The Labute approximate surface area is 180 Å². The molecule has 0 unspecified atom stereocenters. The SMILES string of the molecule is Cc1ccc(C)c(OCC(=O)Nc2ccc(S(=O)(=O)Nc3cccc(Cl)c3)cc2)c1. The number of anilines is 2. The van der Waals surface area contributed by atoms with Crippen LogP contribution in [-0.2, 0) is 14.8 Å². The topological polar surface area (TPSA) is 84.5 Å². The third kappa shape index (κ3) is 5.75. The minimum absolute atomic E-state index is 0.0621. The molecule has 0 heterocycles. The molecule has 6 nitrogen and oxygen atoms in total. The van der Waals surface area contributed by atoms with Crippen LogP contribution in [0, 0.1) is 13.8 Å².